The summed E-state index contributed by atoms with van der Waals surface area (Å²) in [6.07, 6.45) is 0.230. The summed E-state index contributed by atoms with van der Waals surface area (Å²) in [5, 5.41) is 3.60. The number of halogens is 1. The van der Waals surface area contributed by atoms with E-state index in [2.05, 4.69) is 5.32 Å². The summed E-state index contributed by atoms with van der Waals surface area (Å²) in [6, 6.07) is 16.3. The van der Waals surface area contributed by atoms with Crippen molar-refractivity contribution in [2.75, 3.05) is 7.11 Å². The van der Waals surface area contributed by atoms with Gasteiger partial charge in [0.15, 0.2) is 0 Å². The van der Waals surface area contributed by atoms with Crippen LogP contribution >= 0.6 is 11.6 Å². The minimum atomic E-state index is -0.599. The fourth-order valence-corrected chi connectivity index (χ4v) is 2.78. The van der Waals surface area contributed by atoms with E-state index in [0.29, 0.717) is 11.4 Å². The zero-order valence-electron chi connectivity index (χ0n) is 13.9. The van der Waals surface area contributed by atoms with Crippen molar-refractivity contribution in [2.45, 2.75) is 31.5 Å². The molecule has 128 valence electrons. The van der Waals surface area contributed by atoms with Crippen molar-refractivity contribution in [3.8, 4) is 0 Å². The predicted octanol–water partition coefficient (Wildman–Crippen LogP) is 3.10. The number of rotatable bonds is 7. The second kappa shape index (κ2) is 8.83. The van der Waals surface area contributed by atoms with Crippen LogP contribution in [0.2, 0.25) is 5.02 Å². The summed E-state index contributed by atoms with van der Waals surface area (Å²) in [5.74, 6) is -0.192. The van der Waals surface area contributed by atoms with Gasteiger partial charge in [-0.25, -0.2) is 0 Å². The molecule has 0 fully saturated rings. The lowest BCUT2D eigenvalue weighted by Gasteiger charge is -2.25. The number of benzene rings is 2. The molecule has 0 aliphatic carbocycles. The molecule has 2 aromatic rings. The maximum atomic E-state index is 12.4. The van der Waals surface area contributed by atoms with Crippen molar-refractivity contribution in [1.82, 2.24) is 5.32 Å². The Balaban J connectivity index is 1.97. The van der Waals surface area contributed by atoms with Gasteiger partial charge < -0.3 is 15.8 Å². The molecule has 24 heavy (non-hydrogen) atoms. The topological polar surface area (TPSA) is 64.3 Å². The number of nitrogens with two attached hydrogens (primary N) is 1. The molecule has 0 radical (unpaired) electrons. The smallest absolute Gasteiger partial charge is 0.237 e. The highest BCUT2D eigenvalue weighted by Gasteiger charge is 2.23. The Bertz CT molecular complexity index is 646. The number of carbonyl (C=O) groups is 1. The number of hydrogen-bond donors (Lipinski definition) is 2. The highest BCUT2D eigenvalue weighted by atomic mass is 35.5. The first-order valence-electron chi connectivity index (χ1n) is 7.89. The molecule has 1 amide bonds. The van der Waals surface area contributed by atoms with Crippen LogP contribution in [0.15, 0.2) is 54.6 Å². The van der Waals surface area contributed by atoms with Crippen LogP contribution in [0.25, 0.3) is 0 Å². The minimum Gasteiger partial charge on any atom is -0.375 e. The van der Waals surface area contributed by atoms with Gasteiger partial charge in [0.05, 0.1) is 12.1 Å². The molecule has 3 N–H and O–H groups in total. The van der Waals surface area contributed by atoms with E-state index in [1.807, 2.05) is 49.4 Å². The molecule has 0 saturated heterocycles. The van der Waals surface area contributed by atoms with Gasteiger partial charge in [-0.15, -0.1) is 0 Å². The minimum absolute atomic E-state index is 0.192. The van der Waals surface area contributed by atoms with Crippen LogP contribution in [0.1, 0.15) is 24.2 Å². The number of nitrogens with one attached hydrogen (secondary N) is 1. The van der Waals surface area contributed by atoms with Crippen LogP contribution < -0.4 is 11.1 Å². The van der Waals surface area contributed by atoms with Crippen LogP contribution in [-0.2, 0) is 16.0 Å². The lowest BCUT2D eigenvalue weighted by atomic mass is 10.0. The molecule has 3 atom stereocenters. The van der Waals surface area contributed by atoms with E-state index in [4.69, 9.17) is 22.1 Å². The fraction of sp³-hybridized carbons (Fsp3) is 0.316. The van der Waals surface area contributed by atoms with Gasteiger partial charge in [-0.2, -0.15) is 0 Å². The van der Waals surface area contributed by atoms with Gasteiger partial charge in [0.2, 0.25) is 5.91 Å². The first-order valence-corrected chi connectivity index (χ1v) is 8.27. The Labute approximate surface area is 148 Å². The van der Waals surface area contributed by atoms with Crippen LogP contribution in [0.3, 0.4) is 0 Å². The van der Waals surface area contributed by atoms with E-state index in [-0.39, 0.29) is 18.1 Å². The molecule has 0 saturated carbocycles. The van der Waals surface area contributed by atoms with Crippen LogP contribution in [-0.4, -0.2) is 25.1 Å². The molecule has 0 unspecified atom stereocenters. The molecular weight excluding hydrogens is 324 g/mol. The number of amides is 1. The van der Waals surface area contributed by atoms with Crippen molar-refractivity contribution in [3.05, 3.63) is 70.7 Å². The zero-order valence-corrected chi connectivity index (χ0v) is 14.7. The fourth-order valence-electron chi connectivity index (χ4n) is 2.65. The number of hydrogen-bond acceptors (Lipinski definition) is 3. The lowest BCUT2D eigenvalue weighted by molar-refractivity contribution is -0.124. The van der Waals surface area contributed by atoms with E-state index in [9.17, 15) is 4.79 Å². The number of methoxy groups -OCH3 is 1. The monoisotopic (exact) mass is 346 g/mol. The molecule has 0 spiro atoms. The Morgan fingerprint density at radius 1 is 1.17 bits per heavy atom. The summed E-state index contributed by atoms with van der Waals surface area (Å²) < 4.78 is 5.54. The van der Waals surface area contributed by atoms with Crippen LogP contribution in [0.5, 0.6) is 0 Å². The summed E-state index contributed by atoms with van der Waals surface area (Å²) in [6.45, 7) is 1.90. The molecule has 0 heterocycles. The Morgan fingerprint density at radius 3 is 2.38 bits per heavy atom. The third kappa shape index (κ3) is 5.06. The summed E-state index contributed by atoms with van der Waals surface area (Å²) in [7, 11) is 1.62. The molecule has 0 aromatic heterocycles. The molecular formula is C19H23ClN2O2. The largest absolute Gasteiger partial charge is 0.375 e. The maximum absolute atomic E-state index is 12.4. The van der Waals surface area contributed by atoms with E-state index in [1.165, 1.54) is 0 Å². The van der Waals surface area contributed by atoms with Crippen molar-refractivity contribution < 1.29 is 9.53 Å². The molecule has 4 nitrogen and oxygen atoms in total. The molecule has 2 rings (SSSR count). The summed E-state index contributed by atoms with van der Waals surface area (Å²) >= 11 is 5.91. The van der Waals surface area contributed by atoms with Gasteiger partial charge in [0.1, 0.15) is 6.10 Å². The second-order valence-corrected chi connectivity index (χ2v) is 6.24. The van der Waals surface area contributed by atoms with Gasteiger partial charge in [-0.1, -0.05) is 54.1 Å². The molecule has 0 aliphatic heterocycles. The van der Waals surface area contributed by atoms with Gasteiger partial charge in [-0.05, 0) is 36.6 Å². The number of ether oxygens (including phenoxy) is 1. The maximum Gasteiger partial charge on any atom is 0.237 e. The molecule has 2 aromatic carbocycles. The normalized spacial score (nSPS) is 14.7. The Hall–Kier alpha value is -1.88. The van der Waals surface area contributed by atoms with E-state index < -0.39 is 6.04 Å². The summed E-state index contributed by atoms with van der Waals surface area (Å²) in [4.78, 5) is 12.4. The van der Waals surface area contributed by atoms with Gasteiger partial charge in [0.25, 0.3) is 0 Å². The van der Waals surface area contributed by atoms with Crippen molar-refractivity contribution in [1.29, 1.82) is 0 Å². The third-order valence-electron chi connectivity index (χ3n) is 3.91. The van der Waals surface area contributed by atoms with Crippen LogP contribution in [0, 0.1) is 0 Å². The standard InChI is InChI=1S/C19H23ClN2O2/c1-13(18(24-2)15-8-10-16(20)11-9-15)22-19(23)17(21)12-14-6-4-3-5-7-14/h3-11,13,17-18H,12,21H2,1-2H3,(H,22,23)/t13-,17+,18-/m0/s1. The highest BCUT2D eigenvalue weighted by Crippen LogP contribution is 2.22. The quantitative estimate of drug-likeness (QED) is 0.809. The highest BCUT2D eigenvalue weighted by molar-refractivity contribution is 6.30. The first kappa shape index (κ1) is 18.5. The van der Waals surface area contributed by atoms with Crippen molar-refractivity contribution in [3.63, 3.8) is 0 Å². The number of carbonyl (C=O) groups excluding carboxylic acids is 1. The van der Waals surface area contributed by atoms with Gasteiger partial charge >= 0.3 is 0 Å². The Morgan fingerprint density at radius 2 is 1.79 bits per heavy atom. The average Bonchev–Trinajstić information content (AvgIpc) is 2.58. The molecule has 0 bridgehead atoms. The summed E-state index contributed by atoms with van der Waals surface area (Å²) in [5.41, 5.74) is 8.01. The molecule has 0 aliphatic rings. The average molecular weight is 347 g/mol. The van der Waals surface area contributed by atoms with Crippen LogP contribution in [0.4, 0.5) is 0 Å². The van der Waals surface area contributed by atoms with Gasteiger partial charge in [0, 0.05) is 12.1 Å². The second-order valence-electron chi connectivity index (χ2n) is 5.80. The van der Waals surface area contributed by atoms with E-state index >= 15 is 0 Å². The van der Waals surface area contributed by atoms with Crippen molar-refractivity contribution >= 4 is 17.5 Å². The third-order valence-corrected chi connectivity index (χ3v) is 4.16. The predicted molar refractivity (Wildman–Crippen MR) is 96.9 cm³/mol. The SMILES string of the molecule is CO[C@H](c1ccc(Cl)cc1)[C@H](C)NC(=O)[C@H](N)Cc1ccccc1. The Kier molecular flexibility index (Phi) is 6.79. The lowest BCUT2D eigenvalue weighted by Crippen LogP contribution is -2.47. The van der Waals surface area contributed by atoms with Gasteiger partial charge in [-0.3, -0.25) is 4.79 Å². The van der Waals surface area contributed by atoms with E-state index in [1.54, 1.807) is 19.2 Å². The molecule has 5 heteroatoms. The van der Waals surface area contributed by atoms with E-state index in [0.717, 1.165) is 11.1 Å². The first-order chi connectivity index (χ1) is 11.5. The van der Waals surface area contributed by atoms with Crippen molar-refractivity contribution in [2.24, 2.45) is 5.73 Å². The zero-order chi connectivity index (χ0) is 17.5.